The third kappa shape index (κ3) is 9.72. The molecule has 1 radical (unpaired) electrons. The van der Waals surface area contributed by atoms with E-state index in [2.05, 4.69) is 115 Å². The number of fused-ring (bicyclic) bond motifs is 1. The molecule has 1 saturated heterocycles. The number of amides is 1. The Morgan fingerprint density at radius 3 is 2.00 bits per heavy atom. The van der Waals surface area contributed by atoms with Crippen LogP contribution in [0, 0.1) is 11.3 Å². The van der Waals surface area contributed by atoms with Crippen LogP contribution >= 0.6 is 25.3 Å². The first kappa shape index (κ1) is 34.6. The molecule has 1 aliphatic carbocycles. The molecule has 0 saturated carbocycles. The minimum Gasteiger partial charge on any atom is -0.434 e. The zero-order valence-electron chi connectivity index (χ0n) is 26.3. The molecular formula is C32H56BN2O2S2. The minimum atomic E-state index is -0.342. The van der Waals surface area contributed by atoms with Crippen molar-refractivity contribution in [2.24, 2.45) is 11.3 Å². The molecule has 221 valence electrons. The van der Waals surface area contributed by atoms with Crippen molar-refractivity contribution in [3.63, 3.8) is 0 Å². The Hall–Kier alpha value is -0.625. The maximum absolute atomic E-state index is 13.7. The molecule has 1 aromatic carbocycles. The number of nitrogens with zero attached hydrogens (tertiary/aromatic N) is 1. The van der Waals surface area contributed by atoms with E-state index in [1.807, 2.05) is 7.48 Å². The van der Waals surface area contributed by atoms with Crippen LogP contribution in [0.15, 0.2) is 24.3 Å². The zero-order valence-corrected chi connectivity index (χ0v) is 28.1. The van der Waals surface area contributed by atoms with Crippen molar-refractivity contribution in [3.8, 4) is 0 Å². The largest absolute Gasteiger partial charge is 0.434 e. The molecule has 1 aliphatic heterocycles. The maximum Gasteiger partial charge on any atom is 0.293 e. The van der Waals surface area contributed by atoms with Gasteiger partial charge in [0.25, 0.3) is 7.48 Å². The average Bonchev–Trinajstić information content (AvgIpc) is 3.30. The van der Waals surface area contributed by atoms with Crippen LogP contribution in [0.1, 0.15) is 98.6 Å². The summed E-state index contributed by atoms with van der Waals surface area (Å²) in [5, 5.41) is 3.33. The normalized spacial score (nSPS) is 19.1. The Kier molecular flexibility index (Phi) is 12.9. The van der Waals surface area contributed by atoms with E-state index in [9.17, 15) is 4.79 Å². The van der Waals surface area contributed by atoms with E-state index in [-0.39, 0.29) is 27.2 Å². The van der Waals surface area contributed by atoms with Crippen LogP contribution in [0.5, 0.6) is 0 Å². The molecule has 1 aromatic rings. The van der Waals surface area contributed by atoms with Crippen LogP contribution in [0.25, 0.3) is 0 Å². The lowest BCUT2D eigenvalue weighted by Gasteiger charge is -2.44. The fraction of sp³-hybridized carbons (Fsp3) is 0.781. The van der Waals surface area contributed by atoms with Crippen LogP contribution in [0.3, 0.4) is 0 Å². The summed E-state index contributed by atoms with van der Waals surface area (Å²) in [6.45, 7) is 19.0. The van der Waals surface area contributed by atoms with Crippen molar-refractivity contribution >= 4 is 38.6 Å². The number of hydrogen-bond donors (Lipinski definition) is 3. The van der Waals surface area contributed by atoms with E-state index in [1.165, 1.54) is 24.0 Å². The van der Waals surface area contributed by atoms with Gasteiger partial charge in [-0.2, -0.15) is 25.3 Å². The Morgan fingerprint density at radius 1 is 0.974 bits per heavy atom. The first-order valence-electron chi connectivity index (χ1n) is 14.9. The average molecular weight is 576 g/mol. The first-order chi connectivity index (χ1) is 18.1. The van der Waals surface area contributed by atoms with E-state index >= 15 is 0 Å². The van der Waals surface area contributed by atoms with Gasteiger partial charge in [-0.05, 0) is 117 Å². The van der Waals surface area contributed by atoms with Gasteiger partial charge in [0.15, 0.2) is 0 Å². The standard InChI is InChI=1S/C31H52BN2O2S.CH4S/c1-28(2,3)33-27(35)31(8,17-11-12-18-32-36-29(4,5)30(6,7)37)25-15-19-34(20-16-25)26-21-23-13-9-10-14-24(23)22-26;1-2/h9-10,13-14,25-26,37H,11-12,15-22H2,1-8H3,(H,33,35);2H,1H3. The van der Waals surface area contributed by atoms with Crippen molar-refractivity contribution in [1.82, 2.24) is 10.2 Å². The number of nitrogens with one attached hydrogen (secondary N) is 1. The molecule has 2 aliphatic rings. The lowest BCUT2D eigenvalue weighted by molar-refractivity contribution is -0.136. The molecule has 1 fully saturated rings. The molecule has 1 amide bonds. The van der Waals surface area contributed by atoms with E-state index < -0.39 is 0 Å². The molecule has 1 heterocycles. The number of piperidine rings is 1. The van der Waals surface area contributed by atoms with Crippen LogP contribution in [0.4, 0.5) is 0 Å². The van der Waals surface area contributed by atoms with Crippen molar-refractivity contribution in [1.29, 1.82) is 0 Å². The van der Waals surface area contributed by atoms with Gasteiger partial charge in [0.05, 0.1) is 5.60 Å². The summed E-state index contributed by atoms with van der Waals surface area (Å²) in [5.41, 5.74) is 2.15. The topological polar surface area (TPSA) is 41.6 Å². The number of benzene rings is 1. The second-order valence-corrected chi connectivity index (χ2v) is 15.0. The maximum atomic E-state index is 13.7. The van der Waals surface area contributed by atoms with Crippen molar-refractivity contribution in [3.05, 3.63) is 35.4 Å². The van der Waals surface area contributed by atoms with Gasteiger partial charge in [0.2, 0.25) is 5.91 Å². The fourth-order valence-corrected chi connectivity index (χ4v) is 5.87. The summed E-state index contributed by atoms with van der Waals surface area (Å²) in [6.07, 6.45) is 10.1. The lowest BCUT2D eigenvalue weighted by Crippen LogP contribution is -2.53. The summed E-state index contributed by atoms with van der Waals surface area (Å²) in [5.74, 6) is 0.643. The van der Waals surface area contributed by atoms with Gasteiger partial charge in [-0.1, -0.05) is 50.4 Å². The molecule has 3 rings (SSSR count). The summed E-state index contributed by atoms with van der Waals surface area (Å²) >= 11 is 8.21. The van der Waals surface area contributed by atoms with Gasteiger partial charge in [-0.25, -0.2) is 0 Å². The van der Waals surface area contributed by atoms with Gasteiger partial charge in [0.1, 0.15) is 0 Å². The molecule has 39 heavy (non-hydrogen) atoms. The second-order valence-electron chi connectivity index (χ2n) is 13.9. The molecule has 0 spiro atoms. The van der Waals surface area contributed by atoms with Gasteiger partial charge >= 0.3 is 0 Å². The Balaban J connectivity index is 0.00000260. The predicted molar refractivity (Wildman–Crippen MR) is 175 cm³/mol. The van der Waals surface area contributed by atoms with E-state index in [0.29, 0.717) is 12.0 Å². The highest BCUT2D eigenvalue weighted by molar-refractivity contribution is 7.81. The predicted octanol–water partition coefficient (Wildman–Crippen LogP) is 7.04. The summed E-state index contributed by atoms with van der Waals surface area (Å²) in [4.78, 5) is 16.4. The number of carbonyl (C=O) groups excluding carboxylic acids is 1. The highest BCUT2D eigenvalue weighted by Gasteiger charge is 2.44. The number of thiol groups is 2. The zero-order chi connectivity index (χ0) is 29.5. The summed E-state index contributed by atoms with van der Waals surface area (Å²) in [6, 6.07) is 9.53. The van der Waals surface area contributed by atoms with Crippen LogP contribution in [-0.4, -0.2) is 59.6 Å². The number of rotatable bonds is 11. The molecule has 1 unspecified atom stereocenters. The smallest absolute Gasteiger partial charge is 0.293 e. The third-order valence-corrected chi connectivity index (χ3v) is 9.64. The molecule has 0 bridgehead atoms. The molecular weight excluding hydrogens is 519 g/mol. The highest BCUT2D eigenvalue weighted by atomic mass is 32.1. The summed E-state index contributed by atoms with van der Waals surface area (Å²) < 4.78 is 5.83. The fourth-order valence-electron chi connectivity index (χ4n) is 5.81. The first-order valence-corrected chi connectivity index (χ1v) is 16.3. The SMILES string of the molecule is CC(C)(C)NC(=O)C(C)(CCCC[B]OC(C)(C)C(C)(C)S)C1CCN(C2Cc3ccccc3C2)CC1.CS. The van der Waals surface area contributed by atoms with E-state index in [4.69, 9.17) is 4.65 Å². The number of hydrogen-bond acceptors (Lipinski definition) is 5. The summed E-state index contributed by atoms with van der Waals surface area (Å²) in [7, 11) is 1.95. The van der Waals surface area contributed by atoms with Crippen molar-refractivity contribution < 1.29 is 9.45 Å². The number of carbonyl (C=O) groups is 1. The number of unbranched alkanes of at least 4 members (excludes halogenated alkanes) is 1. The quantitative estimate of drug-likeness (QED) is 0.151. The van der Waals surface area contributed by atoms with Crippen molar-refractivity contribution in [2.75, 3.05) is 19.3 Å². The second kappa shape index (κ2) is 14.5. The Morgan fingerprint density at radius 2 is 1.51 bits per heavy atom. The monoisotopic (exact) mass is 575 g/mol. The Bertz CT molecular complexity index is 879. The number of likely N-dealkylation sites (tertiary alicyclic amines) is 1. The highest BCUT2D eigenvalue weighted by Crippen LogP contribution is 2.41. The van der Waals surface area contributed by atoms with E-state index in [1.54, 1.807) is 6.26 Å². The van der Waals surface area contributed by atoms with Gasteiger partial charge < -0.3 is 9.97 Å². The molecule has 4 nitrogen and oxygen atoms in total. The molecule has 1 N–H and O–H groups in total. The lowest BCUT2D eigenvalue weighted by atomic mass is 9.68. The molecule has 7 heteroatoms. The van der Waals surface area contributed by atoms with Crippen LogP contribution in [0.2, 0.25) is 6.32 Å². The Labute approximate surface area is 252 Å². The van der Waals surface area contributed by atoms with Gasteiger partial charge in [0, 0.05) is 21.7 Å². The van der Waals surface area contributed by atoms with E-state index in [0.717, 1.165) is 51.5 Å². The van der Waals surface area contributed by atoms with Crippen LogP contribution < -0.4 is 5.32 Å². The molecule has 0 aromatic heterocycles. The van der Waals surface area contributed by atoms with Crippen molar-refractivity contribution in [2.45, 2.75) is 129 Å². The molecule has 1 atom stereocenters. The van der Waals surface area contributed by atoms with Gasteiger partial charge in [-0.3, -0.25) is 9.69 Å². The van der Waals surface area contributed by atoms with Crippen LogP contribution in [-0.2, 0) is 22.3 Å². The van der Waals surface area contributed by atoms with Gasteiger partial charge in [-0.15, -0.1) is 0 Å². The minimum absolute atomic E-state index is 0.219. The third-order valence-electron chi connectivity index (χ3n) is 9.10.